The fourth-order valence-corrected chi connectivity index (χ4v) is 3.33. The molecule has 5 heteroatoms. The van der Waals surface area contributed by atoms with E-state index in [1.807, 2.05) is 24.3 Å². The summed E-state index contributed by atoms with van der Waals surface area (Å²) in [6, 6.07) is 7.55. The van der Waals surface area contributed by atoms with Gasteiger partial charge in [0, 0.05) is 24.8 Å². The Morgan fingerprint density at radius 3 is 2.95 bits per heavy atom. The molecule has 5 nitrogen and oxygen atoms in total. The maximum Gasteiger partial charge on any atom is 0.228 e. The highest BCUT2D eigenvalue weighted by Crippen LogP contribution is 2.58. The van der Waals surface area contributed by atoms with Crippen LogP contribution < -0.4 is 15.4 Å². The lowest BCUT2D eigenvalue weighted by Crippen LogP contribution is -2.31. The van der Waals surface area contributed by atoms with Gasteiger partial charge in [-0.25, -0.2) is 0 Å². The van der Waals surface area contributed by atoms with Crippen LogP contribution in [0.5, 0.6) is 5.75 Å². The SMILES string of the molecule is COCCOc1cccc(NC(=O)C2CC23CCNCC3)c1. The predicted octanol–water partition coefficient (Wildman–Crippen LogP) is 2.04. The number of hydrogen-bond acceptors (Lipinski definition) is 4. The standard InChI is InChI=1S/C17H24N2O3/c1-21-9-10-22-14-4-2-3-13(11-14)19-16(20)15-12-17(15)5-7-18-8-6-17/h2-4,11,15,18H,5-10,12H2,1H3,(H,19,20). The summed E-state index contributed by atoms with van der Waals surface area (Å²) in [4.78, 5) is 12.4. The number of piperidine rings is 1. The summed E-state index contributed by atoms with van der Waals surface area (Å²) in [5.74, 6) is 1.07. The topological polar surface area (TPSA) is 59.6 Å². The monoisotopic (exact) mass is 304 g/mol. The first-order valence-electron chi connectivity index (χ1n) is 7.97. The highest BCUT2D eigenvalue weighted by molar-refractivity contribution is 5.95. The van der Waals surface area contributed by atoms with E-state index in [2.05, 4.69) is 10.6 Å². The zero-order valence-electron chi connectivity index (χ0n) is 13.1. The minimum atomic E-state index is 0.149. The van der Waals surface area contributed by atoms with Gasteiger partial charge in [0.05, 0.1) is 6.61 Å². The molecule has 0 radical (unpaired) electrons. The Morgan fingerprint density at radius 2 is 2.18 bits per heavy atom. The van der Waals surface area contributed by atoms with Gasteiger partial charge in [0.25, 0.3) is 0 Å². The zero-order valence-corrected chi connectivity index (χ0v) is 13.1. The summed E-state index contributed by atoms with van der Waals surface area (Å²) >= 11 is 0. The normalized spacial score (nSPS) is 22.3. The van der Waals surface area contributed by atoms with E-state index >= 15 is 0 Å². The van der Waals surface area contributed by atoms with Gasteiger partial charge < -0.3 is 20.1 Å². The van der Waals surface area contributed by atoms with E-state index in [0.717, 1.165) is 43.8 Å². The number of anilines is 1. The first kappa shape index (κ1) is 15.3. The Bertz CT molecular complexity index is 526. The van der Waals surface area contributed by atoms with Crippen LogP contribution in [0.25, 0.3) is 0 Å². The molecule has 1 atom stereocenters. The summed E-state index contributed by atoms with van der Waals surface area (Å²) in [5.41, 5.74) is 1.07. The average Bonchev–Trinajstić information content (AvgIpc) is 3.22. The van der Waals surface area contributed by atoms with Crippen molar-refractivity contribution in [3.05, 3.63) is 24.3 Å². The maximum atomic E-state index is 12.4. The molecule has 3 rings (SSSR count). The molecule has 0 aromatic heterocycles. The predicted molar refractivity (Wildman–Crippen MR) is 85.1 cm³/mol. The number of methoxy groups -OCH3 is 1. The summed E-state index contributed by atoms with van der Waals surface area (Å²) in [5, 5.41) is 6.40. The zero-order chi connectivity index (χ0) is 15.4. The van der Waals surface area contributed by atoms with E-state index in [-0.39, 0.29) is 17.2 Å². The molecule has 1 aromatic carbocycles. The highest BCUT2D eigenvalue weighted by Gasteiger charge is 2.57. The van der Waals surface area contributed by atoms with Gasteiger partial charge in [-0.1, -0.05) is 6.07 Å². The largest absolute Gasteiger partial charge is 0.491 e. The number of carbonyl (C=O) groups is 1. The molecule has 1 aliphatic heterocycles. The van der Waals surface area contributed by atoms with Crippen LogP contribution in [0.4, 0.5) is 5.69 Å². The van der Waals surface area contributed by atoms with Gasteiger partial charge >= 0.3 is 0 Å². The van der Waals surface area contributed by atoms with Crippen LogP contribution >= 0.6 is 0 Å². The Labute approximate surface area is 131 Å². The van der Waals surface area contributed by atoms with Gasteiger partial charge in [-0.3, -0.25) is 4.79 Å². The van der Waals surface area contributed by atoms with Gasteiger partial charge in [0.2, 0.25) is 5.91 Å². The molecule has 22 heavy (non-hydrogen) atoms. The molecule has 2 aliphatic rings. The average molecular weight is 304 g/mol. The molecule has 1 heterocycles. The van der Waals surface area contributed by atoms with Crippen LogP contribution in [0.3, 0.4) is 0 Å². The number of amides is 1. The third-order valence-corrected chi connectivity index (χ3v) is 4.76. The molecule has 1 saturated carbocycles. The second kappa shape index (κ2) is 6.67. The third kappa shape index (κ3) is 3.42. The van der Waals surface area contributed by atoms with Crippen molar-refractivity contribution in [1.29, 1.82) is 0 Å². The van der Waals surface area contributed by atoms with E-state index in [4.69, 9.17) is 9.47 Å². The van der Waals surface area contributed by atoms with Gasteiger partial charge in [0.1, 0.15) is 12.4 Å². The Hall–Kier alpha value is -1.59. The summed E-state index contributed by atoms with van der Waals surface area (Å²) in [6.07, 6.45) is 3.26. The van der Waals surface area contributed by atoms with Gasteiger partial charge in [0.15, 0.2) is 0 Å². The number of rotatable bonds is 6. The lowest BCUT2D eigenvalue weighted by Gasteiger charge is -2.23. The number of benzene rings is 1. The van der Waals surface area contributed by atoms with Gasteiger partial charge in [-0.15, -0.1) is 0 Å². The Balaban J connectivity index is 1.54. The number of ether oxygens (including phenoxy) is 2. The third-order valence-electron chi connectivity index (χ3n) is 4.76. The van der Waals surface area contributed by atoms with Gasteiger partial charge in [-0.2, -0.15) is 0 Å². The molecule has 2 fully saturated rings. The lowest BCUT2D eigenvalue weighted by atomic mass is 9.92. The molecular formula is C17H24N2O3. The Morgan fingerprint density at radius 1 is 1.36 bits per heavy atom. The van der Waals surface area contributed by atoms with Crippen molar-refractivity contribution in [2.24, 2.45) is 11.3 Å². The molecule has 1 spiro atoms. The van der Waals surface area contributed by atoms with Crippen LogP contribution in [0.15, 0.2) is 24.3 Å². The summed E-state index contributed by atoms with van der Waals surface area (Å²) in [6.45, 7) is 3.13. The van der Waals surface area contributed by atoms with E-state index in [9.17, 15) is 4.79 Å². The van der Waals surface area contributed by atoms with Crippen LogP contribution in [0, 0.1) is 11.3 Å². The molecule has 1 unspecified atom stereocenters. The molecular weight excluding hydrogens is 280 g/mol. The minimum absolute atomic E-state index is 0.149. The van der Waals surface area contributed by atoms with Crippen molar-refractivity contribution in [3.8, 4) is 5.75 Å². The van der Waals surface area contributed by atoms with Crippen LogP contribution in [-0.4, -0.2) is 39.3 Å². The summed E-state index contributed by atoms with van der Waals surface area (Å²) in [7, 11) is 1.65. The number of hydrogen-bond donors (Lipinski definition) is 2. The molecule has 2 N–H and O–H groups in total. The minimum Gasteiger partial charge on any atom is -0.491 e. The molecule has 1 amide bonds. The fourth-order valence-electron chi connectivity index (χ4n) is 3.33. The van der Waals surface area contributed by atoms with E-state index < -0.39 is 0 Å². The Kier molecular flexibility index (Phi) is 4.64. The second-order valence-corrected chi connectivity index (χ2v) is 6.23. The van der Waals surface area contributed by atoms with E-state index in [0.29, 0.717) is 13.2 Å². The van der Waals surface area contributed by atoms with Crippen molar-refractivity contribution in [3.63, 3.8) is 0 Å². The number of carbonyl (C=O) groups excluding carboxylic acids is 1. The van der Waals surface area contributed by atoms with Gasteiger partial charge in [-0.05, 0) is 49.9 Å². The number of nitrogens with one attached hydrogen (secondary N) is 2. The van der Waals surface area contributed by atoms with Crippen LogP contribution in [0.2, 0.25) is 0 Å². The van der Waals surface area contributed by atoms with Crippen molar-refractivity contribution >= 4 is 11.6 Å². The maximum absolute atomic E-state index is 12.4. The van der Waals surface area contributed by atoms with Crippen LogP contribution in [0.1, 0.15) is 19.3 Å². The van der Waals surface area contributed by atoms with E-state index in [1.54, 1.807) is 7.11 Å². The summed E-state index contributed by atoms with van der Waals surface area (Å²) < 4.78 is 10.5. The second-order valence-electron chi connectivity index (χ2n) is 6.23. The molecule has 1 saturated heterocycles. The molecule has 1 aromatic rings. The quantitative estimate of drug-likeness (QED) is 0.790. The van der Waals surface area contributed by atoms with Crippen molar-refractivity contribution in [2.75, 3.05) is 38.7 Å². The smallest absolute Gasteiger partial charge is 0.228 e. The fraction of sp³-hybridized carbons (Fsp3) is 0.588. The molecule has 1 aliphatic carbocycles. The lowest BCUT2D eigenvalue weighted by molar-refractivity contribution is -0.118. The van der Waals surface area contributed by atoms with Crippen molar-refractivity contribution < 1.29 is 14.3 Å². The first-order chi connectivity index (χ1) is 10.7. The molecule has 120 valence electrons. The van der Waals surface area contributed by atoms with E-state index in [1.165, 1.54) is 0 Å². The van der Waals surface area contributed by atoms with Crippen molar-refractivity contribution in [1.82, 2.24) is 5.32 Å². The van der Waals surface area contributed by atoms with Crippen LogP contribution in [-0.2, 0) is 9.53 Å². The van der Waals surface area contributed by atoms with Crippen molar-refractivity contribution in [2.45, 2.75) is 19.3 Å². The first-order valence-corrected chi connectivity index (χ1v) is 7.97. The highest BCUT2D eigenvalue weighted by atomic mass is 16.5. The molecule has 0 bridgehead atoms.